The monoisotopic (exact) mass is 261 g/mol. The van der Waals surface area contributed by atoms with Gasteiger partial charge in [0.15, 0.2) is 0 Å². The van der Waals surface area contributed by atoms with Gasteiger partial charge in [0.25, 0.3) is 0 Å². The Hall–Kier alpha value is -1.58. The molecule has 1 aromatic heterocycles. The van der Waals surface area contributed by atoms with Gasteiger partial charge in [-0.15, -0.1) is 0 Å². The number of hydrogen-bond acceptors (Lipinski definition) is 3. The quantitative estimate of drug-likeness (QED) is 0.906. The highest BCUT2D eigenvalue weighted by atomic mass is 16.2. The van der Waals surface area contributed by atoms with Gasteiger partial charge in [0, 0.05) is 13.0 Å². The number of nitrogens with two attached hydrogens (primary N) is 1. The molecule has 0 saturated carbocycles. The van der Waals surface area contributed by atoms with E-state index in [1.54, 1.807) is 6.07 Å². The van der Waals surface area contributed by atoms with Gasteiger partial charge < -0.3 is 10.6 Å². The van der Waals surface area contributed by atoms with Crippen molar-refractivity contribution in [2.24, 2.45) is 5.92 Å². The second-order valence-electron chi connectivity index (χ2n) is 5.35. The van der Waals surface area contributed by atoms with Crippen molar-refractivity contribution >= 4 is 11.7 Å². The van der Waals surface area contributed by atoms with Crippen LogP contribution < -0.4 is 5.73 Å². The lowest BCUT2D eigenvalue weighted by atomic mass is 9.96. The number of nitrogens with zero attached hydrogens (tertiary/aromatic N) is 2. The molecule has 1 aromatic rings. The van der Waals surface area contributed by atoms with Crippen molar-refractivity contribution in [2.75, 3.05) is 12.3 Å². The number of amides is 1. The Morgan fingerprint density at radius 1 is 1.42 bits per heavy atom. The van der Waals surface area contributed by atoms with E-state index in [1.165, 1.54) is 12.8 Å². The molecular formula is C15H23N3O. The number of nitrogen functional groups attached to an aromatic ring is 1. The first-order valence-electron chi connectivity index (χ1n) is 7.18. The summed E-state index contributed by atoms with van der Waals surface area (Å²) in [5, 5.41) is 0. The van der Waals surface area contributed by atoms with E-state index < -0.39 is 0 Å². The molecule has 0 radical (unpaired) electrons. The predicted molar refractivity (Wildman–Crippen MR) is 76.3 cm³/mol. The number of pyridine rings is 1. The van der Waals surface area contributed by atoms with E-state index in [2.05, 4.69) is 11.9 Å². The fourth-order valence-corrected chi connectivity index (χ4v) is 2.74. The van der Waals surface area contributed by atoms with Crippen LogP contribution in [0.4, 0.5) is 5.82 Å². The third-order valence-electron chi connectivity index (χ3n) is 3.80. The number of likely N-dealkylation sites (tertiary alicyclic amines) is 1. The molecule has 1 fully saturated rings. The first-order chi connectivity index (χ1) is 9.19. The van der Waals surface area contributed by atoms with Crippen molar-refractivity contribution in [1.29, 1.82) is 0 Å². The van der Waals surface area contributed by atoms with Crippen LogP contribution in [0.5, 0.6) is 0 Å². The molecule has 2 N–H and O–H groups in total. The molecule has 1 atom stereocenters. The highest BCUT2D eigenvalue weighted by Gasteiger charge is 2.22. The Kier molecular flexibility index (Phi) is 4.77. The zero-order valence-corrected chi connectivity index (χ0v) is 11.6. The van der Waals surface area contributed by atoms with Crippen LogP contribution >= 0.6 is 0 Å². The summed E-state index contributed by atoms with van der Waals surface area (Å²) in [6.45, 7) is 3.64. The van der Waals surface area contributed by atoms with E-state index in [-0.39, 0.29) is 5.91 Å². The molecule has 19 heavy (non-hydrogen) atoms. The molecular weight excluding hydrogens is 238 g/mol. The van der Waals surface area contributed by atoms with Crippen molar-refractivity contribution in [3.63, 3.8) is 0 Å². The van der Waals surface area contributed by atoms with E-state index >= 15 is 0 Å². The highest BCUT2D eigenvalue weighted by molar-refractivity contribution is 5.76. The molecule has 0 aliphatic carbocycles. The maximum atomic E-state index is 12.1. The Morgan fingerprint density at radius 2 is 2.26 bits per heavy atom. The second kappa shape index (κ2) is 6.55. The predicted octanol–water partition coefficient (Wildman–Crippen LogP) is 2.59. The van der Waals surface area contributed by atoms with Gasteiger partial charge in [0.1, 0.15) is 5.82 Å². The Morgan fingerprint density at radius 3 is 3.00 bits per heavy atom. The lowest BCUT2D eigenvalue weighted by Gasteiger charge is -2.20. The number of anilines is 1. The lowest BCUT2D eigenvalue weighted by molar-refractivity contribution is -0.131. The number of rotatable bonds is 4. The highest BCUT2D eigenvalue weighted by Crippen LogP contribution is 2.23. The molecule has 104 valence electrons. The third kappa shape index (κ3) is 3.94. The molecule has 1 aliphatic heterocycles. The Bertz CT molecular complexity index is 433. The van der Waals surface area contributed by atoms with E-state index in [1.807, 2.05) is 17.0 Å². The first-order valence-corrected chi connectivity index (χ1v) is 7.18. The molecule has 2 rings (SSSR count). The van der Waals surface area contributed by atoms with Crippen molar-refractivity contribution in [2.45, 2.75) is 45.6 Å². The van der Waals surface area contributed by atoms with Crippen LogP contribution in [-0.4, -0.2) is 22.3 Å². The number of carbonyl (C=O) groups is 1. The summed E-state index contributed by atoms with van der Waals surface area (Å²) >= 11 is 0. The van der Waals surface area contributed by atoms with Gasteiger partial charge in [-0.05, 0) is 30.9 Å². The molecule has 0 aromatic carbocycles. The van der Waals surface area contributed by atoms with Crippen LogP contribution in [0.3, 0.4) is 0 Å². The summed E-state index contributed by atoms with van der Waals surface area (Å²) in [5.41, 5.74) is 6.55. The summed E-state index contributed by atoms with van der Waals surface area (Å²) in [5.74, 6) is 1.47. The van der Waals surface area contributed by atoms with Crippen LogP contribution in [0.15, 0.2) is 18.2 Å². The molecule has 0 spiro atoms. The fraction of sp³-hybridized carbons (Fsp3) is 0.600. The van der Waals surface area contributed by atoms with Crippen LogP contribution in [0.25, 0.3) is 0 Å². The summed E-state index contributed by atoms with van der Waals surface area (Å²) < 4.78 is 0. The normalized spacial score (nSPS) is 20.4. The van der Waals surface area contributed by atoms with Crippen LogP contribution in [0.1, 0.15) is 44.7 Å². The Labute approximate surface area is 115 Å². The minimum atomic E-state index is 0.253. The number of hydrogen-bond donors (Lipinski definition) is 1. The third-order valence-corrected chi connectivity index (χ3v) is 3.80. The average Bonchev–Trinajstić information content (AvgIpc) is 2.55. The molecule has 0 bridgehead atoms. The number of aromatic nitrogens is 1. The van der Waals surface area contributed by atoms with Gasteiger partial charge in [-0.2, -0.15) is 0 Å². The van der Waals surface area contributed by atoms with Crippen LogP contribution in [0, 0.1) is 5.92 Å². The zero-order chi connectivity index (χ0) is 13.7. The lowest BCUT2D eigenvalue weighted by Crippen LogP contribution is -2.30. The van der Waals surface area contributed by atoms with E-state index in [0.717, 1.165) is 25.1 Å². The standard InChI is InChI=1S/C15H23N3O/c1-2-4-12-7-8-15(19)18(10-9-12)11-13-5-3-6-14(16)17-13/h3,5-6,12H,2,4,7-11H2,1H3,(H2,16,17). The molecule has 4 nitrogen and oxygen atoms in total. The second-order valence-corrected chi connectivity index (χ2v) is 5.35. The van der Waals surface area contributed by atoms with Gasteiger partial charge >= 0.3 is 0 Å². The van der Waals surface area contributed by atoms with Crippen molar-refractivity contribution in [1.82, 2.24) is 9.88 Å². The molecule has 1 unspecified atom stereocenters. The topological polar surface area (TPSA) is 59.2 Å². The van der Waals surface area contributed by atoms with Crippen molar-refractivity contribution in [3.8, 4) is 0 Å². The van der Waals surface area contributed by atoms with E-state index in [4.69, 9.17) is 5.73 Å². The molecule has 4 heteroatoms. The molecule has 1 aliphatic rings. The fourth-order valence-electron chi connectivity index (χ4n) is 2.74. The van der Waals surface area contributed by atoms with Crippen molar-refractivity contribution in [3.05, 3.63) is 23.9 Å². The number of carbonyl (C=O) groups excluding carboxylic acids is 1. The van der Waals surface area contributed by atoms with Gasteiger partial charge in [-0.3, -0.25) is 4.79 Å². The largest absolute Gasteiger partial charge is 0.384 e. The maximum Gasteiger partial charge on any atom is 0.222 e. The summed E-state index contributed by atoms with van der Waals surface area (Å²) in [4.78, 5) is 18.3. The average molecular weight is 261 g/mol. The Balaban J connectivity index is 1.97. The summed E-state index contributed by atoms with van der Waals surface area (Å²) in [6.07, 6.45) is 5.26. The SMILES string of the molecule is CCCC1CCC(=O)N(Cc2cccc(N)n2)CC1. The van der Waals surface area contributed by atoms with Crippen LogP contribution in [0.2, 0.25) is 0 Å². The first kappa shape index (κ1) is 13.8. The maximum absolute atomic E-state index is 12.1. The summed E-state index contributed by atoms with van der Waals surface area (Å²) in [7, 11) is 0. The van der Waals surface area contributed by atoms with Crippen molar-refractivity contribution < 1.29 is 4.79 Å². The van der Waals surface area contributed by atoms with E-state index in [0.29, 0.717) is 24.7 Å². The molecule has 1 amide bonds. The van der Waals surface area contributed by atoms with Gasteiger partial charge in [0.2, 0.25) is 5.91 Å². The summed E-state index contributed by atoms with van der Waals surface area (Å²) in [6, 6.07) is 5.59. The van der Waals surface area contributed by atoms with Gasteiger partial charge in [0.05, 0.1) is 12.2 Å². The van der Waals surface area contributed by atoms with E-state index in [9.17, 15) is 4.79 Å². The zero-order valence-electron chi connectivity index (χ0n) is 11.6. The smallest absolute Gasteiger partial charge is 0.222 e. The minimum Gasteiger partial charge on any atom is -0.384 e. The molecule has 1 saturated heterocycles. The van der Waals surface area contributed by atoms with Crippen LogP contribution in [-0.2, 0) is 11.3 Å². The molecule has 2 heterocycles. The van der Waals surface area contributed by atoms with Gasteiger partial charge in [-0.25, -0.2) is 4.98 Å². The minimum absolute atomic E-state index is 0.253. The van der Waals surface area contributed by atoms with Gasteiger partial charge in [-0.1, -0.05) is 25.8 Å².